The van der Waals surface area contributed by atoms with Crippen molar-refractivity contribution in [2.75, 3.05) is 26.7 Å². The fraction of sp³-hybridized carbons (Fsp3) is 0.625. The van der Waals surface area contributed by atoms with Crippen LogP contribution in [0.4, 0.5) is 0 Å². The Morgan fingerprint density at radius 1 is 1.26 bits per heavy atom. The molecule has 1 aromatic rings. The Kier molecular flexibility index (Phi) is 4.83. The monoisotopic (exact) mass is 262 g/mol. The Hall–Kier alpha value is -1.06. The molecule has 1 unspecified atom stereocenters. The van der Waals surface area contributed by atoms with Crippen LogP contribution in [0.2, 0.25) is 0 Å². The summed E-state index contributed by atoms with van der Waals surface area (Å²) in [6, 6.07) is 6.81. The maximum atomic E-state index is 6.04. The molecule has 0 aliphatic carbocycles. The number of rotatable bonds is 5. The van der Waals surface area contributed by atoms with Gasteiger partial charge in [0.2, 0.25) is 0 Å². The highest BCUT2D eigenvalue weighted by Gasteiger charge is 2.25. The van der Waals surface area contributed by atoms with E-state index in [9.17, 15) is 0 Å². The lowest BCUT2D eigenvalue weighted by atomic mass is 9.96. The van der Waals surface area contributed by atoms with E-state index in [2.05, 4.69) is 36.9 Å². The van der Waals surface area contributed by atoms with E-state index in [1.807, 2.05) is 0 Å². The average Bonchev–Trinajstić information content (AvgIpc) is 2.93. The van der Waals surface area contributed by atoms with Crippen molar-refractivity contribution < 1.29 is 4.74 Å². The fourth-order valence-electron chi connectivity index (χ4n) is 2.90. The Balaban J connectivity index is 2.35. The van der Waals surface area contributed by atoms with Crippen LogP contribution in [0.25, 0.3) is 0 Å². The summed E-state index contributed by atoms with van der Waals surface area (Å²) in [6.45, 7) is 7.39. The first kappa shape index (κ1) is 14.4. The molecule has 1 heterocycles. The summed E-state index contributed by atoms with van der Waals surface area (Å²) in [7, 11) is 1.74. The summed E-state index contributed by atoms with van der Waals surface area (Å²) < 4.78 is 5.54. The highest BCUT2D eigenvalue weighted by molar-refractivity contribution is 5.40. The number of benzene rings is 1. The van der Waals surface area contributed by atoms with Crippen LogP contribution in [-0.2, 0) is 0 Å². The van der Waals surface area contributed by atoms with Gasteiger partial charge in [0.15, 0.2) is 0 Å². The highest BCUT2D eigenvalue weighted by atomic mass is 16.5. The van der Waals surface area contributed by atoms with Gasteiger partial charge in [0, 0.05) is 12.1 Å². The zero-order valence-corrected chi connectivity index (χ0v) is 12.4. The molecule has 0 radical (unpaired) electrons. The van der Waals surface area contributed by atoms with Crippen molar-refractivity contribution in [2.45, 2.75) is 38.6 Å². The first-order chi connectivity index (χ1) is 9.17. The molecule has 3 heteroatoms. The van der Waals surface area contributed by atoms with Gasteiger partial charge in [0.25, 0.3) is 0 Å². The molecule has 19 heavy (non-hydrogen) atoms. The van der Waals surface area contributed by atoms with E-state index in [-0.39, 0.29) is 6.04 Å². The van der Waals surface area contributed by atoms with E-state index >= 15 is 0 Å². The number of hydrogen-bond acceptors (Lipinski definition) is 3. The fourth-order valence-corrected chi connectivity index (χ4v) is 2.90. The summed E-state index contributed by atoms with van der Waals surface area (Å²) in [5.74, 6) is 1.49. The van der Waals surface area contributed by atoms with Crippen molar-refractivity contribution in [1.82, 2.24) is 4.90 Å². The minimum atomic E-state index is 0.288. The van der Waals surface area contributed by atoms with Crippen LogP contribution >= 0.6 is 0 Å². The van der Waals surface area contributed by atoms with Gasteiger partial charge in [-0.3, -0.25) is 4.90 Å². The van der Waals surface area contributed by atoms with Gasteiger partial charge in [-0.15, -0.1) is 0 Å². The first-order valence-corrected chi connectivity index (χ1v) is 7.29. The highest BCUT2D eigenvalue weighted by Crippen LogP contribution is 2.33. The number of hydrogen-bond donors (Lipinski definition) is 1. The number of likely N-dealkylation sites (tertiary alicyclic amines) is 1. The minimum absolute atomic E-state index is 0.288. The van der Waals surface area contributed by atoms with Crippen LogP contribution in [0.1, 0.15) is 49.8 Å². The molecule has 0 aromatic heterocycles. The molecule has 1 aliphatic heterocycles. The summed E-state index contributed by atoms with van der Waals surface area (Å²) in [5, 5.41) is 0. The Morgan fingerprint density at radius 3 is 2.47 bits per heavy atom. The van der Waals surface area contributed by atoms with Gasteiger partial charge in [-0.2, -0.15) is 0 Å². The summed E-state index contributed by atoms with van der Waals surface area (Å²) in [5.41, 5.74) is 8.64. The lowest BCUT2D eigenvalue weighted by molar-refractivity contribution is 0.245. The van der Waals surface area contributed by atoms with Gasteiger partial charge >= 0.3 is 0 Å². The smallest absolute Gasteiger partial charge is 0.123 e. The maximum Gasteiger partial charge on any atom is 0.123 e. The first-order valence-electron chi connectivity index (χ1n) is 7.29. The second-order valence-electron chi connectivity index (χ2n) is 5.65. The molecular formula is C16H26N2O. The molecule has 0 saturated carbocycles. The minimum Gasteiger partial charge on any atom is -0.496 e. The molecule has 0 bridgehead atoms. The summed E-state index contributed by atoms with van der Waals surface area (Å²) in [6.07, 6.45) is 2.56. The number of nitrogens with zero attached hydrogens (tertiary/aromatic N) is 1. The van der Waals surface area contributed by atoms with E-state index in [4.69, 9.17) is 10.5 Å². The average molecular weight is 262 g/mol. The largest absolute Gasteiger partial charge is 0.496 e. The molecular weight excluding hydrogens is 236 g/mol. The quantitative estimate of drug-likeness (QED) is 0.886. The zero-order valence-electron chi connectivity index (χ0n) is 12.4. The van der Waals surface area contributed by atoms with Crippen LogP contribution in [0.15, 0.2) is 18.2 Å². The predicted molar refractivity (Wildman–Crippen MR) is 79.7 cm³/mol. The number of ether oxygens (including phenoxy) is 1. The third kappa shape index (κ3) is 3.10. The zero-order chi connectivity index (χ0) is 13.8. The van der Waals surface area contributed by atoms with E-state index in [0.29, 0.717) is 12.5 Å². The molecule has 1 aliphatic rings. The predicted octanol–water partition coefficient (Wildman–Crippen LogP) is 2.91. The van der Waals surface area contributed by atoms with Crippen LogP contribution in [0.3, 0.4) is 0 Å². The van der Waals surface area contributed by atoms with Crippen molar-refractivity contribution >= 4 is 0 Å². The van der Waals surface area contributed by atoms with Crippen LogP contribution in [-0.4, -0.2) is 31.6 Å². The maximum absolute atomic E-state index is 6.04. The van der Waals surface area contributed by atoms with Crippen LogP contribution in [0, 0.1) is 0 Å². The molecule has 2 N–H and O–H groups in total. The normalized spacial score (nSPS) is 17.9. The van der Waals surface area contributed by atoms with Gasteiger partial charge < -0.3 is 10.5 Å². The lowest BCUT2D eigenvalue weighted by Crippen LogP contribution is -2.31. The van der Waals surface area contributed by atoms with Crippen LogP contribution < -0.4 is 10.5 Å². The number of methoxy groups -OCH3 is 1. The molecule has 3 nitrogen and oxygen atoms in total. The molecule has 1 atom stereocenters. The Morgan fingerprint density at radius 2 is 1.95 bits per heavy atom. The van der Waals surface area contributed by atoms with Gasteiger partial charge in [-0.05, 0) is 43.5 Å². The molecule has 1 saturated heterocycles. The van der Waals surface area contributed by atoms with E-state index < -0.39 is 0 Å². The van der Waals surface area contributed by atoms with Crippen molar-refractivity contribution in [1.29, 1.82) is 0 Å². The molecule has 2 rings (SSSR count). The second-order valence-corrected chi connectivity index (χ2v) is 5.65. The van der Waals surface area contributed by atoms with Gasteiger partial charge in [0.05, 0.1) is 13.2 Å². The third-order valence-electron chi connectivity index (χ3n) is 4.08. The third-order valence-corrected chi connectivity index (χ3v) is 4.08. The van der Waals surface area contributed by atoms with Crippen molar-refractivity contribution in [3.63, 3.8) is 0 Å². The molecule has 1 aromatic carbocycles. The number of nitrogens with two attached hydrogens (primary N) is 1. The van der Waals surface area contributed by atoms with Gasteiger partial charge in [-0.1, -0.05) is 26.0 Å². The van der Waals surface area contributed by atoms with E-state index in [0.717, 1.165) is 18.8 Å². The molecule has 106 valence electrons. The Bertz CT molecular complexity index is 411. The van der Waals surface area contributed by atoms with Crippen molar-refractivity contribution in [3.8, 4) is 5.75 Å². The van der Waals surface area contributed by atoms with Gasteiger partial charge in [-0.25, -0.2) is 0 Å². The van der Waals surface area contributed by atoms with E-state index in [1.165, 1.54) is 24.0 Å². The van der Waals surface area contributed by atoms with E-state index in [1.54, 1.807) is 7.11 Å². The topological polar surface area (TPSA) is 38.5 Å². The second kappa shape index (κ2) is 6.40. The molecule has 0 spiro atoms. The Labute approximate surface area is 116 Å². The summed E-state index contributed by atoms with van der Waals surface area (Å²) in [4.78, 5) is 2.49. The molecule has 1 fully saturated rings. The standard InChI is InChI=1S/C16H26N2O/c1-12(2)13-6-7-16(19-3)14(10-13)15(11-17)18-8-4-5-9-18/h6-7,10,12,15H,4-5,8-9,11,17H2,1-3H3. The SMILES string of the molecule is COc1ccc(C(C)C)cc1C(CN)N1CCCC1. The molecule has 0 amide bonds. The van der Waals surface area contributed by atoms with Crippen LogP contribution in [0.5, 0.6) is 5.75 Å². The lowest BCUT2D eigenvalue weighted by Gasteiger charge is -2.28. The van der Waals surface area contributed by atoms with Gasteiger partial charge in [0.1, 0.15) is 5.75 Å². The van der Waals surface area contributed by atoms with Crippen molar-refractivity contribution in [2.24, 2.45) is 5.73 Å². The summed E-state index contributed by atoms with van der Waals surface area (Å²) >= 11 is 0. The van der Waals surface area contributed by atoms with Crippen molar-refractivity contribution in [3.05, 3.63) is 29.3 Å².